The average Bonchev–Trinajstić information content (AvgIpc) is 2.66. The van der Waals surface area contributed by atoms with E-state index in [9.17, 15) is 0 Å². The van der Waals surface area contributed by atoms with E-state index < -0.39 is 0 Å². The van der Waals surface area contributed by atoms with Gasteiger partial charge < -0.3 is 10.3 Å². The molecule has 0 bridgehead atoms. The fourth-order valence-electron chi connectivity index (χ4n) is 3.69. The van der Waals surface area contributed by atoms with Crippen molar-refractivity contribution >= 4 is 11.0 Å². The van der Waals surface area contributed by atoms with Crippen molar-refractivity contribution in [1.29, 1.82) is 0 Å². The smallest absolute Gasteiger partial charge is 0.114 e. The molecule has 1 aromatic carbocycles. The molecule has 2 aromatic rings. The number of benzene rings is 1. The van der Waals surface area contributed by atoms with Gasteiger partial charge in [-0.25, -0.2) is 4.98 Å². The Morgan fingerprint density at radius 2 is 1.95 bits per heavy atom. The molecule has 3 rings (SSSR count). The van der Waals surface area contributed by atoms with Gasteiger partial charge in [-0.1, -0.05) is 25.3 Å². The van der Waals surface area contributed by atoms with E-state index in [2.05, 4.69) is 43.5 Å². The molecular weight excluding hydrogens is 258 g/mol. The lowest BCUT2D eigenvalue weighted by atomic mass is 9.94. The quantitative estimate of drug-likeness (QED) is 0.836. The third kappa shape index (κ3) is 2.71. The minimum Gasteiger partial charge on any atom is -0.327 e. The number of nitrogens with two attached hydrogens (primary N) is 1. The summed E-state index contributed by atoms with van der Waals surface area (Å²) < 4.78 is 2.41. The summed E-state index contributed by atoms with van der Waals surface area (Å²) in [7, 11) is 0. The van der Waals surface area contributed by atoms with E-state index in [0.717, 1.165) is 11.9 Å². The number of hydrogen-bond donors (Lipinski definition) is 1. The van der Waals surface area contributed by atoms with Gasteiger partial charge in [0.05, 0.1) is 11.0 Å². The van der Waals surface area contributed by atoms with Gasteiger partial charge in [-0.15, -0.1) is 0 Å². The van der Waals surface area contributed by atoms with Crippen LogP contribution in [0, 0.1) is 6.92 Å². The molecule has 1 fully saturated rings. The molecule has 0 radical (unpaired) electrons. The van der Waals surface area contributed by atoms with E-state index in [1.165, 1.54) is 42.6 Å². The van der Waals surface area contributed by atoms with Crippen LogP contribution < -0.4 is 5.73 Å². The normalized spacial score (nSPS) is 23.7. The van der Waals surface area contributed by atoms with Crippen LogP contribution in [0.15, 0.2) is 18.2 Å². The summed E-state index contributed by atoms with van der Waals surface area (Å²) in [5.41, 5.74) is 10.1. The Bertz CT molecular complexity index is 627. The zero-order valence-electron chi connectivity index (χ0n) is 13.5. The molecule has 3 nitrogen and oxygen atoms in total. The van der Waals surface area contributed by atoms with Crippen LogP contribution in [0.1, 0.15) is 69.3 Å². The van der Waals surface area contributed by atoms with Gasteiger partial charge in [-0.2, -0.15) is 0 Å². The number of hydrogen-bond acceptors (Lipinski definition) is 2. The van der Waals surface area contributed by atoms with Gasteiger partial charge in [0.25, 0.3) is 0 Å². The van der Waals surface area contributed by atoms with E-state index in [-0.39, 0.29) is 6.04 Å². The lowest BCUT2D eigenvalue weighted by Gasteiger charge is -2.24. The van der Waals surface area contributed by atoms with Crippen LogP contribution in [-0.4, -0.2) is 15.6 Å². The Balaban J connectivity index is 2.13. The van der Waals surface area contributed by atoms with Crippen LogP contribution in [0.4, 0.5) is 0 Å². The minimum absolute atomic E-state index is 0.253. The number of fused-ring (bicyclic) bond motifs is 1. The molecule has 1 heterocycles. The third-order valence-electron chi connectivity index (χ3n) is 4.79. The first kappa shape index (κ1) is 14.6. The lowest BCUT2D eigenvalue weighted by molar-refractivity contribution is 0.450. The highest BCUT2D eigenvalue weighted by Crippen LogP contribution is 2.34. The van der Waals surface area contributed by atoms with Gasteiger partial charge in [0.1, 0.15) is 5.82 Å². The SMILES string of the molecule is Cc1ccc2c(c1)nc(C1CCCCCC1N)n2C(C)C. The molecule has 0 aliphatic heterocycles. The summed E-state index contributed by atoms with van der Waals surface area (Å²) in [4.78, 5) is 4.99. The largest absolute Gasteiger partial charge is 0.327 e. The van der Waals surface area contributed by atoms with E-state index in [0.29, 0.717) is 12.0 Å². The van der Waals surface area contributed by atoms with Gasteiger partial charge in [0, 0.05) is 18.0 Å². The van der Waals surface area contributed by atoms with E-state index in [1.807, 2.05) is 0 Å². The molecule has 1 saturated carbocycles. The van der Waals surface area contributed by atoms with Crippen LogP contribution in [0.2, 0.25) is 0 Å². The zero-order chi connectivity index (χ0) is 15.0. The maximum absolute atomic E-state index is 6.48. The Morgan fingerprint density at radius 3 is 2.71 bits per heavy atom. The topological polar surface area (TPSA) is 43.8 Å². The predicted molar refractivity (Wildman–Crippen MR) is 88.7 cm³/mol. The molecule has 21 heavy (non-hydrogen) atoms. The first-order valence-electron chi connectivity index (χ1n) is 8.32. The maximum Gasteiger partial charge on any atom is 0.114 e. The fourth-order valence-corrected chi connectivity index (χ4v) is 3.69. The van der Waals surface area contributed by atoms with Crippen LogP contribution in [0.3, 0.4) is 0 Å². The molecule has 1 aromatic heterocycles. The number of nitrogens with zero attached hydrogens (tertiary/aromatic N) is 2. The highest BCUT2D eigenvalue weighted by atomic mass is 15.1. The van der Waals surface area contributed by atoms with Gasteiger partial charge >= 0.3 is 0 Å². The van der Waals surface area contributed by atoms with Crippen molar-refractivity contribution in [2.45, 2.75) is 70.9 Å². The molecule has 114 valence electrons. The van der Waals surface area contributed by atoms with E-state index >= 15 is 0 Å². The molecule has 1 aliphatic rings. The molecule has 0 saturated heterocycles. The average molecular weight is 285 g/mol. The number of rotatable bonds is 2. The minimum atomic E-state index is 0.253. The second kappa shape index (κ2) is 5.80. The summed E-state index contributed by atoms with van der Waals surface area (Å²) in [5.74, 6) is 1.61. The highest BCUT2D eigenvalue weighted by molar-refractivity contribution is 5.77. The fraction of sp³-hybridized carbons (Fsp3) is 0.611. The van der Waals surface area contributed by atoms with Gasteiger partial charge in [0.2, 0.25) is 0 Å². The summed E-state index contributed by atoms with van der Waals surface area (Å²) in [6.45, 7) is 6.62. The van der Waals surface area contributed by atoms with Crippen molar-refractivity contribution in [3.8, 4) is 0 Å². The van der Waals surface area contributed by atoms with Crippen LogP contribution in [-0.2, 0) is 0 Å². The van der Waals surface area contributed by atoms with E-state index in [4.69, 9.17) is 10.7 Å². The van der Waals surface area contributed by atoms with E-state index in [1.54, 1.807) is 0 Å². The van der Waals surface area contributed by atoms with Crippen LogP contribution in [0.5, 0.6) is 0 Å². The van der Waals surface area contributed by atoms with Crippen molar-refractivity contribution in [3.05, 3.63) is 29.6 Å². The standard InChI is InChI=1S/C18H27N3/c1-12(2)21-17-10-9-13(3)11-16(17)20-18(21)14-7-5-4-6-8-15(14)19/h9-12,14-15H,4-8,19H2,1-3H3. The molecule has 3 heteroatoms. The second-order valence-corrected chi connectivity index (χ2v) is 6.83. The number of aryl methyl sites for hydroxylation is 1. The maximum atomic E-state index is 6.48. The lowest BCUT2D eigenvalue weighted by Crippen LogP contribution is -2.29. The summed E-state index contributed by atoms with van der Waals surface area (Å²) >= 11 is 0. The zero-order valence-corrected chi connectivity index (χ0v) is 13.5. The van der Waals surface area contributed by atoms with Crippen molar-refractivity contribution in [2.75, 3.05) is 0 Å². The Kier molecular flexibility index (Phi) is 4.03. The van der Waals surface area contributed by atoms with Crippen molar-refractivity contribution < 1.29 is 0 Å². The Hall–Kier alpha value is -1.35. The summed E-state index contributed by atoms with van der Waals surface area (Å²) in [6, 6.07) is 7.26. The monoisotopic (exact) mass is 285 g/mol. The first-order chi connectivity index (χ1) is 10.1. The number of aromatic nitrogens is 2. The van der Waals surface area contributed by atoms with Crippen molar-refractivity contribution in [2.24, 2.45) is 5.73 Å². The molecule has 1 aliphatic carbocycles. The molecule has 0 amide bonds. The predicted octanol–water partition coefficient (Wildman–Crippen LogP) is 4.30. The number of imidazole rings is 1. The molecule has 0 spiro atoms. The molecular formula is C18H27N3. The van der Waals surface area contributed by atoms with Gasteiger partial charge in [0.15, 0.2) is 0 Å². The highest BCUT2D eigenvalue weighted by Gasteiger charge is 2.28. The van der Waals surface area contributed by atoms with Crippen molar-refractivity contribution in [3.63, 3.8) is 0 Å². The summed E-state index contributed by atoms with van der Waals surface area (Å²) in [6.07, 6.45) is 6.16. The van der Waals surface area contributed by atoms with Gasteiger partial charge in [-0.3, -0.25) is 0 Å². The first-order valence-corrected chi connectivity index (χ1v) is 8.32. The Labute approximate surface area is 127 Å². The van der Waals surface area contributed by atoms with Gasteiger partial charge in [-0.05, 0) is 51.3 Å². The van der Waals surface area contributed by atoms with Crippen LogP contribution in [0.25, 0.3) is 11.0 Å². The van der Waals surface area contributed by atoms with Crippen LogP contribution >= 0.6 is 0 Å². The van der Waals surface area contributed by atoms with Crippen molar-refractivity contribution in [1.82, 2.24) is 9.55 Å². The summed E-state index contributed by atoms with van der Waals surface area (Å²) in [5, 5.41) is 0. The molecule has 2 unspecified atom stereocenters. The Morgan fingerprint density at radius 1 is 1.19 bits per heavy atom. The third-order valence-corrected chi connectivity index (χ3v) is 4.79. The second-order valence-electron chi connectivity index (χ2n) is 6.83. The molecule has 2 atom stereocenters. The molecule has 2 N–H and O–H groups in total.